The zero-order valence-electron chi connectivity index (χ0n) is 6.39. The van der Waals surface area contributed by atoms with Crippen LogP contribution in [0.4, 0.5) is 0 Å². The molecular weight excluding hydrogens is 146 g/mol. The molecule has 5 heteroatoms. The molecular formula is C6H9N3O2. The molecule has 0 aliphatic rings. The van der Waals surface area contributed by atoms with Crippen molar-refractivity contribution in [3.05, 3.63) is 12.4 Å². The summed E-state index contributed by atoms with van der Waals surface area (Å²) in [5.41, 5.74) is 0. The molecule has 0 fully saturated rings. The number of nitrogens with zero attached hydrogens (tertiary/aromatic N) is 3. The second kappa shape index (κ2) is 3.14. The highest BCUT2D eigenvalue weighted by Crippen LogP contribution is 2.02. The number of aromatic nitrogens is 3. The SMILES string of the molecule is COC(=O)C(C)n1ccnn1. The summed E-state index contributed by atoms with van der Waals surface area (Å²) < 4.78 is 5.94. The third-order valence-electron chi connectivity index (χ3n) is 1.38. The molecule has 1 aromatic rings. The number of hydrogen-bond donors (Lipinski definition) is 0. The first-order valence-corrected chi connectivity index (χ1v) is 3.19. The molecule has 0 aliphatic carbocycles. The minimum atomic E-state index is -0.400. The molecule has 1 unspecified atom stereocenters. The highest BCUT2D eigenvalue weighted by molar-refractivity contribution is 5.73. The maximum atomic E-state index is 10.9. The van der Waals surface area contributed by atoms with Gasteiger partial charge in [0.1, 0.15) is 6.04 Å². The molecule has 0 radical (unpaired) electrons. The third-order valence-corrected chi connectivity index (χ3v) is 1.38. The predicted octanol–water partition coefficient (Wildman–Crippen LogP) is 0.0121. The molecule has 60 valence electrons. The summed E-state index contributed by atoms with van der Waals surface area (Å²) in [6, 6.07) is -0.400. The van der Waals surface area contributed by atoms with Crippen molar-refractivity contribution in [3.8, 4) is 0 Å². The molecule has 1 rings (SSSR count). The van der Waals surface area contributed by atoms with Crippen LogP contribution in [0.25, 0.3) is 0 Å². The van der Waals surface area contributed by atoms with Crippen LogP contribution in [0, 0.1) is 0 Å². The van der Waals surface area contributed by atoms with Gasteiger partial charge in [0.15, 0.2) is 0 Å². The van der Waals surface area contributed by atoms with Gasteiger partial charge >= 0.3 is 5.97 Å². The number of methoxy groups -OCH3 is 1. The minimum Gasteiger partial charge on any atom is -0.467 e. The summed E-state index contributed by atoms with van der Waals surface area (Å²) in [4.78, 5) is 10.9. The van der Waals surface area contributed by atoms with Crippen LogP contribution in [0.15, 0.2) is 12.4 Å². The minimum absolute atomic E-state index is 0.324. The molecule has 0 amide bonds. The highest BCUT2D eigenvalue weighted by Gasteiger charge is 2.14. The monoisotopic (exact) mass is 155 g/mol. The Hall–Kier alpha value is -1.39. The molecule has 5 nitrogen and oxygen atoms in total. The van der Waals surface area contributed by atoms with E-state index in [0.29, 0.717) is 0 Å². The van der Waals surface area contributed by atoms with Crippen LogP contribution in [0.3, 0.4) is 0 Å². The summed E-state index contributed by atoms with van der Waals surface area (Å²) in [5.74, 6) is -0.324. The zero-order valence-corrected chi connectivity index (χ0v) is 6.39. The molecule has 0 saturated heterocycles. The molecule has 1 atom stereocenters. The number of esters is 1. The Morgan fingerprint density at radius 1 is 1.73 bits per heavy atom. The van der Waals surface area contributed by atoms with Gasteiger partial charge in [0, 0.05) is 6.20 Å². The first-order chi connectivity index (χ1) is 5.25. The van der Waals surface area contributed by atoms with Crippen LogP contribution in [0.2, 0.25) is 0 Å². The molecule has 0 saturated carbocycles. The summed E-state index contributed by atoms with van der Waals surface area (Å²) in [5, 5.41) is 7.22. The van der Waals surface area contributed by atoms with Crippen molar-refractivity contribution in [2.24, 2.45) is 0 Å². The fourth-order valence-electron chi connectivity index (χ4n) is 0.702. The fraction of sp³-hybridized carbons (Fsp3) is 0.500. The first-order valence-electron chi connectivity index (χ1n) is 3.19. The average Bonchev–Trinajstić information content (AvgIpc) is 2.53. The van der Waals surface area contributed by atoms with E-state index in [1.807, 2.05) is 0 Å². The van der Waals surface area contributed by atoms with Crippen molar-refractivity contribution >= 4 is 5.97 Å². The van der Waals surface area contributed by atoms with Crippen LogP contribution >= 0.6 is 0 Å². The quantitative estimate of drug-likeness (QED) is 0.564. The van der Waals surface area contributed by atoms with E-state index in [1.165, 1.54) is 18.0 Å². The van der Waals surface area contributed by atoms with Gasteiger partial charge in [-0.25, -0.2) is 9.48 Å². The standard InChI is InChI=1S/C6H9N3O2/c1-5(6(10)11-2)9-4-3-7-8-9/h3-5H,1-2H3. The predicted molar refractivity (Wildman–Crippen MR) is 36.7 cm³/mol. The zero-order chi connectivity index (χ0) is 8.27. The van der Waals surface area contributed by atoms with Gasteiger partial charge in [-0.1, -0.05) is 5.21 Å². The van der Waals surface area contributed by atoms with Crippen molar-refractivity contribution < 1.29 is 9.53 Å². The Morgan fingerprint density at radius 2 is 2.45 bits per heavy atom. The number of ether oxygens (including phenoxy) is 1. The third kappa shape index (κ3) is 1.54. The van der Waals surface area contributed by atoms with E-state index in [2.05, 4.69) is 15.0 Å². The molecule has 0 aliphatic heterocycles. The van der Waals surface area contributed by atoms with Crippen LogP contribution in [-0.4, -0.2) is 28.1 Å². The molecule has 0 bridgehead atoms. The van der Waals surface area contributed by atoms with Gasteiger partial charge < -0.3 is 4.74 Å². The van der Waals surface area contributed by atoms with Crippen LogP contribution in [-0.2, 0) is 9.53 Å². The maximum absolute atomic E-state index is 10.9. The van der Waals surface area contributed by atoms with E-state index in [1.54, 1.807) is 13.1 Å². The van der Waals surface area contributed by atoms with E-state index < -0.39 is 6.04 Å². The molecule has 0 aromatic carbocycles. The molecule has 0 spiro atoms. The lowest BCUT2D eigenvalue weighted by atomic mass is 10.3. The van der Waals surface area contributed by atoms with E-state index in [0.717, 1.165) is 0 Å². The second-order valence-corrected chi connectivity index (χ2v) is 2.08. The molecule has 11 heavy (non-hydrogen) atoms. The van der Waals surface area contributed by atoms with Crippen molar-refractivity contribution in [3.63, 3.8) is 0 Å². The van der Waals surface area contributed by atoms with Gasteiger partial charge in [-0.3, -0.25) is 0 Å². The number of hydrogen-bond acceptors (Lipinski definition) is 4. The highest BCUT2D eigenvalue weighted by atomic mass is 16.5. The molecule has 0 N–H and O–H groups in total. The summed E-state index contributed by atoms with van der Waals surface area (Å²) in [7, 11) is 1.34. The van der Waals surface area contributed by atoms with Gasteiger partial charge in [-0.2, -0.15) is 0 Å². The normalized spacial score (nSPS) is 12.5. The van der Waals surface area contributed by atoms with Crippen molar-refractivity contribution in [2.75, 3.05) is 7.11 Å². The average molecular weight is 155 g/mol. The van der Waals surface area contributed by atoms with Crippen LogP contribution < -0.4 is 0 Å². The van der Waals surface area contributed by atoms with E-state index in [9.17, 15) is 4.79 Å². The van der Waals surface area contributed by atoms with Gasteiger partial charge in [-0.15, -0.1) is 5.10 Å². The lowest BCUT2D eigenvalue weighted by Crippen LogP contribution is -2.18. The van der Waals surface area contributed by atoms with Crippen molar-refractivity contribution in [2.45, 2.75) is 13.0 Å². The topological polar surface area (TPSA) is 57.0 Å². The van der Waals surface area contributed by atoms with E-state index in [-0.39, 0.29) is 5.97 Å². The van der Waals surface area contributed by atoms with Crippen LogP contribution in [0.1, 0.15) is 13.0 Å². The Bertz CT molecular complexity index is 232. The Morgan fingerprint density at radius 3 is 2.91 bits per heavy atom. The smallest absolute Gasteiger partial charge is 0.330 e. The van der Waals surface area contributed by atoms with E-state index >= 15 is 0 Å². The second-order valence-electron chi connectivity index (χ2n) is 2.08. The summed E-state index contributed by atoms with van der Waals surface area (Å²) >= 11 is 0. The number of carbonyl (C=O) groups excluding carboxylic acids is 1. The summed E-state index contributed by atoms with van der Waals surface area (Å²) in [6.45, 7) is 1.69. The van der Waals surface area contributed by atoms with Crippen LogP contribution in [0.5, 0.6) is 0 Å². The lowest BCUT2D eigenvalue weighted by molar-refractivity contribution is -0.144. The fourth-order valence-corrected chi connectivity index (χ4v) is 0.702. The maximum Gasteiger partial charge on any atom is 0.330 e. The molecule has 1 heterocycles. The first kappa shape index (κ1) is 7.71. The van der Waals surface area contributed by atoms with Crippen molar-refractivity contribution in [1.82, 2.24) is 15.0 Å². The lowest BCUT2D eigenvalue weighted by Gasteiger charge is -2.06. The van der Waals surface area contributed by atoms with Crippen molar-refractivity contribution in [1.29, 1.82) is 0 Å². The van der Waals surface area contributed by atoms with Gasteiger partial charge in [0.25, 0.3) is 0 Å². The molecule has 1 aromatic heterocycles. The Kier molecular flexibility index (Phi) is 2.20. The summed E-state index contributed by atoms with van der Waals surface area (Å²) in [6.07, 6.45) is 3.13. The largest absolute Gasteiger partial charge is 0.467 e. The van der Waals surface area contributed by atoms with E-state index in [4.69, 9.17) is 0 Å². The van der Waals surface area contributed by atoms with Gasteiger partial charge in [0.05, 0.1) is 13.3 Å². The van der Waals surface area contributed by atoms with Gasteiger partial charge in [0.2, 0.25) is 0 Å². The van der Waals surface area contributed by atoms with Gasteiger partial charge in [-0.05, 0) is 6.92 Å². The number of rotatable bonds is 2. The Balaban J connectivity index is 2.70. The Labute approximate surface area is 64.0 Å². The number of carbonyl (C=O) groups is 1.